The van der Waals surface area contributed by atoms with Gasteiger partial charge in [0.1, 0.15) is 0 Å². The maximum atomic E-state index is 13.3. The van der Waals surface area contributed by atoms with Gasteiger partial charge in [0, 0.05) is 47.1 Å². The molecule has 0 spiro atoms. The van der Waals surface area contributed by atoms with E-state index in [4.69, 9.17) is 5.11 Å². The van der Waals surface area contributed by atoms with Crippen LogP contribution in [0.2, 0.25) is 0 Å². The number of carboxylic acids is 1. The lowest BCUT2D eigenvalue weighted by Crippen LogP contribution is -2.40. The van der Waals surface area contributed by atoms with Gasteiger partial charge in [-0.25, -0.2) is 0 Å². The van der Waals surface area contributed by atoms with E-state index in [1.165, 1.54) is 69.1 Å². The zero-order valence-electron chi connectivity index (χ0n) is 25.4. The van der Waals surface area contributed by atoms with Crippen LogP contribution in [0.3, 0.4) is 0 Å². The molecule has 1 aliphatic rings. The number of nitrogens with zero attached hydrogens (tertiary/aromatic N) is 1. The van der Waals surface area contributed by atoms with Crippen LogP contribution in [0.15, 0.2) is 30.3 Å². The van der Waals surface area contributed by atoms with Crippen molar-refractivity contribution in [1.29, 1.82) is 0 Å². The van der Waals surface area contributed by atoms with Gasteiger partial charge in [-0.3, -0.25) is 19.3 Å². The molecule has 0 bridgehead atoms. The second kappa shape index (κ2) is 18.5. The maximum Gasteiger partial charge on any atom is 0.303 e. The molecule has 0 radical (unpaired) electrons. The lowest BCUT2D eigenvalue weighted by atomic mass is 9.92. The van der Waals surface area contributed by atoms with Gasteiger partial charge in [0.2, 0.25) is 0 Å². The highest BCUT2D eigenvalue weighted by molar-refractivity contribution is 6.26. The summed E-state index contributed by atoms with van der Waals surface area (Å²) in [5.41, 5.74) is 2.23. The normalized spacial score (nSPS) is 12.9. The number of nitrogens with one attached hydrogen (secondary N) is 1. The van der Waals surface area contributed by atoms with Gasteiger partial charge in [0.15, 0.2) is 0 Å². The Morgan fingerprint density at radius 1 is 0.683 bits per heavy atom. The van der Waals surface area contributed by atoms with Crippen LogP contribution in [0, 0.1) is 0 Å². The largest absolute Gasteiger partial charge is 0.481 e. The molecule has 2 amide bonds. The number of carbonyl (C=O) groups is 3. The Balaban J connectivity index is 1.41. The van der Waals surface area contributed by atoms with E-state index >= 15 is 0 Å². The summed E-state index contributed by atoms with van der Waals surface area (Å²) in [6.45, 7) is 3.59. The molecule has 41 heavy (non-hydrogen) atoms. The van der Waals surface area contributed by atoms with Gasteiger partial charge in [-0.2, -0.15) is 0 Å². The number of imide groups is 1. The van der Waals surface area contributed by atoms with Gasteiger partial charge in [-0.15, -0.1) is 0 Å². The summed E-state index contributed by atoms with van der Waals surface area (Å²) in [7, 11) is 0. The van der Waals surface area contributed by atoms with Gasteiger partial charge >= 0.3 is 5.97 Å². The van der Waals surface area contributed by atoms with Crippen molar-refractivity contribution in [2.24, 2.45) is 0 Å². The zero-order chi connectivity index (χ0) is 29.3. The molecule has 0 fully saturated rings. The number of hydrogen-bond acceptors (Lipinski definition) is 4. The van der Waals surface area contributed by atoms with E-state index < -0.39 is 5.97 Å². The lowest BCUT2D eigenvalue weighted by molar-refractivity contribution is -0.137. The van der Waals surface area contributed by atoms with Crippen molar-refractivity contribution in [3.05, 3.63) is 41.5 Å². The number of anilines is 1. The summed E-state index contributed by atoms with van der Waals surface area (Å²) in [4.78, 5) is 38.7. The number of benzene rings is 2. The lowest BCUT2D eigenvalue weighted by Gasteiger charge is -2.28. The highest BCUT2D eigenvalue weighted by Crippen LogP contribution is 2.34. The van der Waals surface area contributed by atoms with Gasteiger partial charge in [0.25, 0.3) is 11.8 Å². The van der Waals surface area contributed by atoms with E-state index in [0.717, 1.165) is 74.4 Å². The van der Waals surface area contributed by atoms with E-state index in [1.807, 2.05) is 30.3 Å². The van der Waals surface area contributed by atoms with Crippen LogP contribution in [-0.4, -0.2) is 40.9 Å². The molecule has 2 aromatic rings. The van der Waals surface area contributed by atoms with Crippen LogP contribution in [0.1, 0.15) is 150 Å². The van der Waals surface area contributed by atoms with Crippen molar-refractivity contribution in [1.82, 2.24) is 4.90 Å². The third-order valence-corrected chi connectivity index (χ3v) is 8.36. The number of carboxylic acid groups (broad SMARTS) is 1. The Kier molecular flexibility index (Phi) is 14.7. The van der Waals surface area contributed by atoms with Gasteiger partial charge < -0.3 is 10.4 Å². The van der Waals surface area contributed by atoms with Gasteiger partial charge in [-0.1, -0.05) is 115 Å². The summed E-state index contributed by atoms with van der Waals surface area (Å²) < 4.78 is 0. The summed E-state index contributed by atoms with van der Waals surface area (Å²) in [6, 6.07) is 9.66. The third-order valence-electron chi connectivity index (χ3n) is 8.36. The van der Waals surface area contributed by atoms with E-state index in [-0.39, 0.29) is 18.2 Å². The van der Waals surface area contributed by atoms with Crippen LogP contribution < -0.4 is 5.32 Å². The molecule has 0 atom stereocenters. The van der Waals surface area contributed by atoms with Crippen LogP contribution >= 0.6 is 0 Å². The van der Waals surface area contributed by atoms with Crippen LogP contribution in [0.25, 0.3) is 10.8 Å². The monoisotopic (exact) mass is 564 g/mol. The molecular formula is C35H52N2O4. The summed E-state index contributed by atoms with van der Waals surface area (Å²) in [5.74, 6) is -1.11. The fourth-order valence-corrected chi connectivity index (χ4v) is 5.95. The highest BCUT2D eigenvalue weighted by atomic mass is 16.4. The van der Waals surface area contributed by atoms with E-state index in [9.17, 15) is 14.4 Å². The average molecular weight is 565 g/mol. The minimum absolute atomic E-state index is 0.190. The molecule has 1 aliphatic heterocycles. The first-order chi connectivity index (χ1) is 20.0. The SMILES string of the molecule is CCCCCCCCCCCCCNc1ccc2c3c(cccc13)C(=O)N(CCCCCCCCCC(=O)O)C2=O. The molecule has 2 N–H and O–H groups in total. The van der Waals surface area contributed by atoms with Crippen molar-refractivity contribution >= 4 is 34.2 Å². The van der Waals surface area contributed by atoms with E-state index in [0.29, 0.717) is 17.7 Å². The van der Waals surface area contributed by atoms with Crippen molar-refractivity contribution in [2.45, 2.75) is 129 Å². The molecule has 6 nitrogen and oxygen atoms in total. The molecule has 0 unspecified atom stereocenters. The number of hydrogen-bond donors (Lipinski definition) is 2. The molecule has 226 valence electrons. The second-order valence-corrected chi connectivity index (χ2v) is 11.7. The van der Waals surface area contributed by atoms with Crippen LogP contribution in [0.4, 0.5) is 5.69 Å². The minimum Gasteiger partial charge on any atom is -0.481 e. The Hall–Kier alpha value is -2.89. The predicted octanol–water partition coefficient (Wildman–Crippen LogP) is 9.36. The number of aliphatic carboxylic acids is 1. The van der Waals surface area contributed by atoms with Gasteiger partial charge in [0.05, 0.1) is 0 Å². The highest BCUT2D eigenvalue weighted by Gasteiger charge is 2.32. The second-order valence-electron chi connectivity index (χ2n) is 11.7. The summed E-state index contributed by atoms with van der Waals surface area (Å²) in [6.07, 6.45) is 21.3. The molecule has 0 aliphatic carbocycles. The van der Waals surface area contributed by atoms with Crippen LogP contribution in [0.5, 0.6) is 0 Å². The predicted molar refractivity (Wildman–Crippen MR) is 169 cm³/mol. The Bertz CT molecular complexity index is 1090. The standard InChI is InChI=1S/C35H52N2O4/c1-2-3-4-5-6-7-8-9-12-15-18-26-36-31-25-24-30-33-28(31)21-20-22-29(33)34(40)37(35(30)41)27-19-16-13-10-11-14-17-23-32(38)39/h20-22,24-25,36H,2-19,23,26-27H2,1H3,(H,38,39). The molecule has 6 heteroatoms. The van der Waals surface area contributed by atoms with Crippen molar-refractivity contribution in [2.75, 3.05) is 18.4 Å². The molecule has 0 aromatic heterocycles. The fraction of sp³-hybridized carbons (Fsp3) is 0.629. The number of unbranched alkanes of at least 4 members (excludes halogenated alkanes) is 16. The molecule has 0 saturated heterocycles. The average Bonchev–Trinajstić information content (AvgIpc) is 2.97. The molecule has 1 heterocycles. The Morgan fingerprint density at radius 3 is 1.83 bits per heavy atom. The number of amides is 2. The smallest absolute Gasteiger partial charge is 0.303 e. The zero-order valence-corrected chi connectivity index (χ0v) is 25.4. The third kappa shape index (κ3) is 10.5. The molecular weight excluding hydrogens is 512 g/mol. The molecule has 3 rings (SSSR count). The van der Waals surface area contributed by atoms with Gasteiger partial charge in [-0.05, 0) is 37.5 Å². The minimum atomic E-state index is -0.731. The summed E-state index contributed by atoms with van der Waals surface area (Å²) >= 11 is 0. The van der Waals surface area contributed by atoms with Crippen LogP contribution in [-0.2, 0) is 4.79 Å². The van der Waals surface area contributed by atoms with Crippen molar-refractivity contribution in [3.63, 3.8) is 0 Å². The number of rotatable bonds is 23. The Labute approximate surface area is 247 Å². The van der Waals surface area contributed by atoms with E-state index in [1.54, 1.807) is 0 Å². The topological polar surface area (TPSA) is 86.7 Å². The fourth-order valence-electron chi connectivity index (χ4n) is 5.95. The van der Waals surface area contributed by atoms with Crippen molar-refractivity contribution in [3.8, 4) is 0 Å². The van der Waals surface area contributed by atoms with Crippen molar-refractivity contribution < 1.29 is 19.5 Å². The maximum absolute atomic E-state index is 13.3. The molecule has 0 saturated carbocycles. The number of carbonyl (C=O) groups excluding carboxylic acids is 2. The first-order valence-corrected chi connectivity index (χ1v) is 16.4. The Morgan fingerprint density at radius 2 is 1.22 bits per heavy atom. The quantitative estimate of drug-likeness (QED) is 0.104. The van der Waals surface area contributed by atoms with E-state index in [2.05, 4.69) is 12.2 Å². The first kappa shape index (κ1) is 32.6. The molecule has 2 aromatic carbocycles. The summed E-state index contributed by atoms with van der Waals surface area (Å²) in [5, 5.41) is 14.0. The first-order valence-electron chi connectivity index (χ1n) is 16.4.